The van der Waals surface area contributed by atoms with Crippen molar-refractivity contribution in [3.63, 3.8) is 0 Å². The minimum absolute atomic E-state index is 0.109. The van der Waals surface area contributed by atoms with Gasteiger partial charge >= 0.3 is 218 Å². The zero-order valence-electron chi connectivity index (χ0n) is 22.6. The van der Waals surface area contributed by atoms with E-state index >= 15 is 0 Å². The van der Waals surface area contributed by atoms with Crippen LogP contribution in [0.1, 0.15) is 90.0 Å². The summed E-state index contributed by atoms with van der Waals surface area (Å²) in [5.74, 6) is -0.400. The monoisotopic (exact) mass is 593 g/mol. The van der Waals surface area contributed by atoms with E-state index in [4.69, 9.17) is 4.74 Å². The Labute approximate surface area is 217 Å². The number of hydrogen-bond donors (Lipinski definition) is 0. The SMILES string of the molecule is CCC[CH2][Sn](/[CH]=C/CN1[C@H]2CC[C@@H]1[C@@H](C(=O)OC)[C@@H](c1ccc(F)cc1)C2)([CH2]CCC)[CH2]CCC. The Bertz CT molecular complexity index is 789. The summed E-state index contributed by atoms with van der Waals surface area (Å²) in [4.78, 5) is 15.6. The number of halogens is 1. The minimum atomic E-state index is -2.31. The molecule has 2 aliphatic rings. The summed E-state index contributed by atoms with van der Waals surface area (Å²) in [5, 5.41) is 0. The van der Waals surface area contributed by atoms with Gasteiger partial charge in [-0.25, -0.2) is 0 Å². The normalized spacial score (nSPS) is 24.8. The molecule has 0 spiro atoms. The molecular weight excluding hydrogens is 544 g/mol. The van der Waals surface area contributed by atoms with E-state index in [1.54, 1.807) is 0 Å². The molecule has 2 bridgehead atoms. The first-order valence-corrected chi connectivity index (χ1v) is 22.0. The molecule has 196 valence electrons. The predicted octanol–water partition coefficient (Wildman–Crippen LogP) is 7.88. The van der Waals surface area contributed by atoms with Crippen LogP contribution in [-0.4, -0.2) is 55.0 Å². The molecule has 0 radical (unpaired) electrons. The van der Waals surface area contributed by atoms with E-state index in [1.165, 1.54) is 71.1 Å². The van der Waals surface area contributed by atoms with E-state index in [2.05, 4.69) is 35.8 Å². The van der Waals surface area contributed by atoms with Crippen LogP contribution >= 0.6 is 0 Å². The number of methoxy groups -OCH3 is 1. The first-order chi connectivity index (χ1) is 17.0. The predicted molar refractivity (Wildman–Crippen MR) is 147 cm³/mol. The molecule has 4 atom stereocenters. The summed E-state index contributed by atoms with van der Waals surface area (Å²) in [7, 11) is 1.51. The molecule has 0 saturated carbocycles. The quantitative estimate of drug-likeness (QED) is 0.163. The third-order valence-corrected chi connectivity index (χ3v) is 23.0. The number of esters is 1. The molecule has 2 fully saturated rings. The van der Waals surface area contributed by atoms with Crippen molar-refractivity contribution in [3.8, 4) is 0 Å². The number of rotatable bonds is 14. The van der Waals surface area contributed by atoms with Crippen molar-refractivity contribution in [2.24, 2.45) is 5.92 Å². The van der Waals surface area contributed by atoms with Crippen molar-refractivity contribution in [2.45, 2.75) is 110 Å². The molecule has 5 heteroatoms. The zero-order chi connectivity index (χ0) is 25.3. The number of carbonyl (C=O) groups excluding carboxylic acids is 1. The Morgan fingerprint density at radius 1 is 1.03 bits per heavy atom. The fourth-order valence-electron chi connectivity index (χ4n) is 6.74. The number of ether oxygens (including phenoxy) is 1. The number of hydrogen-bond acceptors (Lipinski definition) is 3. The van der Waals surface area contributed by atoms with Crippen LogP contribution in [0.5, 0.6) is 0 Å². The second-order valence-corrected chi connectivity index (χ2v) is 24.0. The van der Waals surface area contributed by atoms with E-state index in [0.717, 1.165) is 31.4 Å². The fourth-order valence-corrected chi connectivity index (χ4v) is 21.1. The number of benzene rings is 1. The van der Waals surface area contributed by atoms with Gasteiger partial charge in [-0.15, -0.1) is 0 Å². The van der Waals surface area contributed by atoms with Gasteiger partial charge in [-0.1, -0.05) is 0 Å². The van der Waals surface area contributed by atoms with E-state index < -0.39 is 18.4 Å². The Hall–Kier alpha value is -0.881. The first kappa shape index (κ1) is 28.7. The van der Waals surface area contributed by atoms with Gasteiger partial charge < -0.3 is 0 Å². The maximum atomic E-state index is 13.6. The van der Waals surface area contributed by atoms with Crippen LogP contribution in [-0.2, 0) is 9.53 Å². The van der Waals surface area contributed by atoms with E-state index in [0.29, 0.717) is 6.04 Å². The zero-order valence-corrected chi connectivity index (χ0v) is 25.5. The van der Waals surface area contributed by atoms with Gasteiger partial charge in [-0.2, -0.15) is 0 Å². The van der Waals surface area contributed by atoms with Crippen LogP contribution < -0.4 is 0 Å². The molecule has 1 aromatic carbocycles. The number of nitrogens with zero attached hydrogens (tertiary/aromatic N) is 1. The molecule has 2 saturated heterocycles. The second-order valence-electron chi connectivity index (χ2n) is 11.0. The molecule has 0 amide bonds. The number of carbonyl (C=O) groups is 1. The first-order valence-electron chi connectivity index (χ1n) is 14.2. The van der Waals surface area contributed by atoms with Gasteiger partial charge in [0.1, 0.15) is 0 Å². The number of unbranched alkanes of at least 4 members (excludes halogenated alkanes) is 3. The van der Waals surface area contributed by atoms with Crippen LogP contribution in [0.15, 0.2) is 34.4 Å². The van der Waals surface area contributed by atoms with Gasteiger partial charge in [0.2, 0.25) is 0 Å². The summed E-state index contributed by atoms with van der Waals surface area (Å²) in [6.07, 6.45) is 13.7. The molecule has 2 heterocycles. The molecule has 0 aromatic heterocycles. The maximum absolute atomic E-state index is 13.6. The molecular formula is C30H48FNO2Sn. The molecule has 2 aliphatic heterocycles. The Morgan fingerprint density at radius 2 is 1.63 bits per heavy atom. The van der Waals surface area contributed by atoms with E-state index in [9.17, 15) is 9.18 Å². The van der Waals surface area contributed by atoms with Gasteiger partial charge in [0.25, 0.3) is 0 Å². The van der Waals surface area contributed by atoms with Crippen LogP contribution in [0.3, 0.4) is 0 Å². The molecule has 3 nitrogen and oxygen atoms in total. The third kappa shape index (κ3) is 7.34. The van der Waals surface area contributed by atoms with Crippen molar-refractivity contribution in [1.29, 1.82) is 0 Å². The topological polar surface area (TPSA) is 29.5 Å². The average Bonchev–Trinajstić information content (AvgIpc) is 3.15. The Balaban J connectivity index is 1.79. The standard InChI is InChI=1S/C18H21FNO2.3C4H9.Sn/c1-3-10-20-14-8-9-16(20)17(18(21)22-2)15(11-14)12-4-6-13(19)7-5-12;3*1-3-4-2;/h1,3-7,14-17H,8-11H2,2H3;3*1,3-4H2,2H3;/t14-,15+,16+,17-;;;;/m0..../s1. The van der Waals surface area contributed by atoms with Crippen molar-refractivity contribution >= 4 is 24.3 Å². The van der Waals surface area contributed by atoms with Gasteiger partial charge in [0, 0.05) is 0 Å². The average molecular weight is 592 g/mol. The Morgan fingerprint density at radius 3 is 2.17 bits per heavy atom. The number of fused-ring (bicyclic) bond motifs is 2. The summed E-state index contributed by atoms with van der Waals surface area (Å²) in [6.45, 7) is 7.95. The van der Waals surface area contributed by atoms with E-state index in [-0.39, 0.29) is 29.7 Å². The summed E-state index contributed by atoms with van der Waals surface area (Å²) >= 11 is -2.31. The van der Waals surface area contributed by atoms with Gasteiger partial charge in [0.15, 0.2) is 0 Å². The fraction of sp³-hybridized carbons (Fsp3) is 0.700. The van der Waals surface area contributed by atoms with Crippen LogP contribution in [0.2, 0.25) is 13.3 Å². The van der Waals surface area contributed by atoms with Crippen LogP contribution in [0.4, 0.5) is 4.39 Å². The Kier molecular flexibility index (Phi) is 11.6. The van der Waals surface area contributed by atoms with Crippen molar-refractivity contribution < 1.29 is 13.9 Å². The van der Waals surface area contributed by atoms with Crippen molar-refractivity contribution in [1.82, 2.24) is 4.90 Å². The molecule has 0 N–H and O–H groups in total. The summed E-state index contributed by atoms with van der Waals surface area (Å²) in [6, 6.07) is 7.48. The van der Waals surface area contributed by atoms with Gasteiger partial charge in [-0.05, 0) is 0 Å². The van der Waals surface area contributed by atoms with Gasteiger partial charge in [-0.3, -0.25) is 0 Å². The van der Waals surface area contributed by atoms with Crippen LogP contribution in [0, 0.1) is 11.7 Å². The number of piperidine rings is 1. The molecule has 0 aliphatic carbocycles. The molecule has 35 heavy (non-hydrogen) atoms. The van der Waals surface area contributed by atoms with E-state index in [1.807, 2.05) is 12.1 Å². The summed E-state index contributed by atoms with van der Waals surface area (Å²) < 4.78 is 26.1. The van der Waals surface area contributed by atoms with Crippen molar-refractivity contribution in [2.75, 3.05) is 13.7 Å². The second kappa shape index (κ2) is 14.2. The third-order valence-electron chi connectivity index (χ3n) is 8.71. The molecule has 1 aromatic rings. The molecule has 3 rings (SSSR count). The summed E-state index contributed by atoms with van der Waals surface area (Å²) in [5.41, 5.74) is 1.07. The van der Waals surface area contributed by atoms with Gasteiger partial charge in [0.05, 0.1) is 0 Å². The van der Waals surface area contributed by atoms with Crippen LogP contribution in [0.25, 0.3) is 0 Å². The van der Waals surface area contributed by atoms with Crippen molar-refractivity contribution in [3.05, 3.63) is 45.8 Å². The molecule has 0 unspecified atom stereocenters.